The Morgan fingerprint density at radius 3 is 2.21 bits per heavy atom. The van der Waals surface area contributed by atoms with Crippen molar-refractivity contribution in [2.45, 2.75) is 28.3 Å². The molecule has 1 N–H and O–H groups in total. The topological polar surface area (TPSA) is 120 Å². The number of hydrogen-bond acceptors (Lipinski definition) is 7. The lowest BCUT2D eigenvalue weighted by Crippen LogP contribution is -2.32. The summed E-state index contributed by atoms with van der Waals surface area (Å²) in [6.45, 7) is 0. The third-order valence-electron chi connectivity index (χ3n) is 6.27. The molecule has 0 fully saturated rings. The maximum atomic E-state index is 13.5. The van der Waals surface area contributed by atoms with E-state index in [0.29, 0.717) is 21.6 Å². The maximum absolute atomic E-state index is 13.5. The lowest BCUT2D eigenvalue weighted by Gasteiger charge is -2.20. The molecule has 0 amide bonds. The Kier molecular flexibility index (Phi) is 8.97. The van der Waals surface area contributed by atoms with Gasteiger partial charge in [-0.3, -0.25) is 14.7 Å². The first-order chi connectivity index (χ1) is 20.2. The summed E-state index contributed by atoms with van der Waals surface area (Å²) >= 11 is 7.29. The molecule has 0 spiro atoms. The van der Waals surface area contributed by atoms with Crippen molar-refractivity contribution in [3.63, 3.8) is 0 Å². The molecule has 1 aromatic heterocycles. The standard InChI is InChI=1S/C29H23ClFN5O4S2/c30-22-8-16-26(17-9-22)42(39,40)34-27(18-20-4-2-1-3-5-20)28-32-33-29(41-19-21-6-10-23(31)11-7-21)35(28)24-12-14-25(15-13-24)36(37)38/h1-17,27,34H,18-19H2. The van der Waals surface area contributed by atoms with Crippen LogP contribution in [-0.2, 0) is 22.2 Å². The second-order valence-corrected chi connectivity index (χ2v) is 12.3. The largest absolute Gasteiger partial charge is 0.273 e. The average Bonchev–Trinajstić information content (AvgIpc) is 3.41. The van der Waals surface area contributed by atoms with Gasteiger partial charge in [0.05, 0.1) is 15.9 Å². The highest BCUT2D eigenvalue weighted by molar-refractivity contribution is 7.98. The molecule has 0 aliphatic rings. The predicted molar refractivity (Wildman–Crippen MR) is 159 cm³/mol. The van der Waals surface area contributed by atoms with E-state index in [1.165, 1.54) is 60.3 Å². The fraction of sp³-hybridized carbons (Fsp3) is 0.103. The van der Waals surface area contributed by atoms with E-state index in [0.717, 1.165) is 11.1 Å². The van der Waals surface area contributed by atoms with Crippen molar-refractivity contribution in [1.29, 1.82) is 0 Å². The molecule has 214 valence electrons. The second kappa shape index (κ2) is 12.8. The van der Waals surface area contributed by atoms with Crippen LogP contribution in [-0.4, -0.2) is 28.1 Å². The zero-order chi connectivity index (χ0) is 29.7. The summed E-state index contributed by atoms with van der Waals surface area (Å²) in [4.78, 5) is 10.8. The van der Waals surface area contributed by atoms with Gasteiger partial charge in [0.2, 0.25) is 10.0 Å². The van der Waals surface area contributed by atoms with Gasteiger partial charge < -0.3 is 0 Å². The van der Waals surface area contributed by atoms with Gasteiger partial charge in [0.1, 0.15) is 5.82 Å². The molecule has 0 aliphatic carbocycles. The van der Waals surface area contributed by atoms with E-state index in [-0.39, 0.29) is 28.6 Å². The summed E-state index contributed by atoms with van der Waals surface area (Å²) in [6, 6.07) is 26.1. The third-order valence-corrected chi connectivity index (χ3v) is 9.01. The number of nitro benzene ring substituents is 1. The summed E-state index contributed by atoms with van der Waals surface area (Å²) in [5.41, 5.74) is 2.09. The van der Waals surface area contributed by atoms with E-state index < -0.39 is 21.0 Å². The van der Waals surface area contributed by atoms with Crippen LogP contribution in [0.3, 0.4) is 0 Å². The molecule has 5 aromatic rings. The van der Waals surface area contributed by atoms with Gasteiger partial charge in [0.15, 0.2) is 11.0 Å². The number of aromatic nitrogens is 3. The Hall–Kier alpha value is -4.10. The second-order valence-electron chi connectivity index (χ2n) is 9.18. The summed E-state index contributed by atoms with van der Waals surface area (Å²) in [7, 11) is -4.03. The van der Waals surface area contributed by atoms with Crippen molar-refractivity contribution in [2.75, 3.05) is 0 Å². The fourth-order valence-corrected chi connectivity index (χ4v) is 6.43. The summed E-state index contributed by atoms with van der Waals surface area (Å²) in [5.74, 6) is 0.356. The fourth-order valence-electron chi connectivity index (χ4n) is 4.20. The Labute approximate surface area is 250 Å². The Morgan fingerprint density at radius 2 is 1.57 bits per heavy atom. The normalized spacial score (nSPS) is 12.2. The SMILES string of the molecule is O=[N+]([O-])c1ccc(-n2c(SCc3ccc(F)cc3)nnc2C(Cc2ccccc2)NS(=O)(=O)c2ccc(Cl)cc2)cc1. The average molecular weight is 624 g/mol. The van der Waals surface area contributed by atoms with E-state index in [9.17, 15) is 22.9 Å². The molecular formula is C29H23ClFN5O4S2. The molecule has 1 heterocycles. The smallest absolute Gasteiger partial charge is 0.269 e. The first kappa shape index (κ1) is 29.4. The number of sulfonamides is 1. The van der Waals surface area contributed by atoms with Crippen molar-refractivity contribution in [2.24, 2.45) is 0 Å². The van der Waals surface area contributed by atoms with Crippen LogP contribution in [0.5, 0.6) is 0 Å². The minimum Gasteiger partial charge on any atom is -0.273 e. The Balaban J connectivity index is 1.58. The predicted octanol–water partition coefficient (Wildman–Crippen LogP) is 6.52. The molecule has 0 aliphatic heterocycles. The number of benzene rings is 4. The van der Waals surface area contributed by atoms with Gasteiger partial charge in [-0.2, -0.15) is 0 Å². The van der Waals surface area contributed by atoms with Crippen molar-refractivity contribution in [1.82, 2.24) is 19.5 Å². The van der Waals surface area contributed by atoms with Gasteiger partial charge in [0.25, 0.3) is 5.69 Å². The zero-order valence-electron chi connectivity index (χ0n) is 21.8. The Morgan fingerprint density at radius 1 is 0.905 bits per heavy atom. The van der Waals surface area contributed by atoms with Gasteiger partial charge in [-0.05, 0) is 66.1 Å². The maximum Gasteiger partial charge on any atom is 0.269 e. The van der Waals surface area contributed by atoms with Gasteiger partial charge in [-0.25, -0.2) is 17.5 Å². The first-order valence-corrected chi connectivity index (χ1v) is 15.4. The van der Waals surface area contributed by atoms with Crippen LogP contribution in [0, 0.1) is 15.9 Å². The van der Waals surface area contributed by atoms with E-state index in [2.05, 4.69) is 14.9 Å². The molecule has 42 heavy (non-hydrogen) atoms. The summed E-state index contributed by atoms with van der Waals surface area (Å²) < 4.78 is 44.9. The molecular weight excluding hydrogens is 601 g/mol. The molecule has 5 rings (SSSR count). The van der Waals surface area contributed by atoms with Gasteiger partial charge in [-0.1, -0.05) is 65.8 Å². The van der Waals surface area contributed by atoms with Crippen LogP contribution in [0.2, 0.25) is 5.02 Å². The minimum atomic E-state index is -4.03. The van der Waals surface area contributed by atoms with Crippen molar-refractivity contribution >= 4 is 39.1 Å². The molecule has 4 aromatic carbocycles. The zero-order valence-corrected chi connectivity index (χ0v) is 24.2. The van der Waals surface area contributed by atoms with Crippen LogP contribution >= 0.6 is 23.4 Å². The van der Waals surface area contributed by atoms with Gasteiger partial charge >= 0.3 is 0 Å². The van der Waals surface area contributed by atoms with Crippen LogP contribution in [0.1, 0.15) is 23.0 Å². The molecule has 1 unspecified atom stereocenters. The molecule has 0 saturated carbocycles. The number of rotatable bonds is 11. The quantitative estimate of drug-likeness (QED) is 0.101. The van der Waals surface area contributed by atoms with Crippen molar-refractivity contribution in [3.05, 3.63) is 141 Å². The number of non-ortho nitro benzene ring substituents is 1. The van der Waals surface area contributed by atoms with Crippen molar-refractivity contribution < 1.29 is 17.7 Å². The third kappa shape index (κ3) is 7.02. The lowest BCUT2D eigenvalue weighted by molar-refractivity contribution is -0.384. The minimum absolute atomic E-state index is 0.0253. The van der Waals surface area contributed by atoms with Gasteiger partial charge in [0, 0.05) is 28.6 Å². The Bertz CT molecular complexity index is 1790. The first-order valence-electron chi connectivity index (χ1n) is 12.6. The number of hydrogen-bond donors (Lipinski definition) is 1. The van der Waals surface area contributed by atoms with E-state index in [1.54, 1.807) is 28.8 Å². The van der Waals surface area contributed by atoms with E-state index in [4.69, 9.17) is 11.6 Å². The molecule has 0 radical (unpaired) electrons. The van der Waals surface area contributed by atoms with Crippen LogP contribution in [0.25, 0.3) is 5.69 Å². The summed E-state index contributed by atoms with van der Waals surface area (Å²) in [5, 5.41) is 20.9. The lowest BCUT2D eigenvalue weighted by atomic mass is 10.1. The highest BCUT2D eigenvalue weighted by Crippen LogP contribution is 2.31. The van der Waals surface area contributed by atoms with Crippen LogP contribution < -0.4 is 4.72 Å². The van der Waals surface area contributed by atoms with Crippen LogP contribution in [0.15, 0.2) is 113 Å². The molecule has 9 nitrogen and oxygen atoms in total. The number of nitro groups is 1. The monoisotopic (exact) mass is 623 g/mol. The molecule has 1 atom stereocenters. The number of thioether (sulfide) groups is 1. The molecule has 0 saturated heterocycles. The summed E-state index contributed by atoms with van der Waals surface area (Å²) in [6.07, 6.45) is 0.238. The molecule has 0 bridgehead atoms. The molecule has 13 heteroatoms. The van der Waals surface area contributed by atoms with Crippen LogP contribution in [0.4, 0.5) is 10.1 Å². The van der Waals surface area contributed by atoms with E-state index in [1.807, 2.05) is 30.3 Å². The number of nitrogens with zero attached hydrogens (tertiary/aromatic N) is 4. The highest BCUT2D eigenvalue weighted by atomic mass is 35.5. The number of nitrogens with one attached hydrogen (secondary N) is 1. The highest BCUT2D eigenvalue weighted by Gasteiger charge is 2.28. The van der Waals surface area contributed by atoms with Crippen molar-refractivity contribution in [3.8, 4) is 5.69 Å². The number of halogens is 2. The van der Waals surface area contributed by atoms with Gasteiger partial charge in [-0.15, -0.1) is 10.2 Å². The van der Waals surface area contributed by atoms with E-state index >= 15 is 0 Å².